The zero-order valence-corrected chi connectivity index (χ0v) is 19.0. The van der Waals surface area contributed by atoms with Crippen molar-refractivity contribution in [3.63, 3.8) is 0 Å². The first-order chi connectivity index (χ1) is 15.4. The number of halogens is 2. The lowest BCUT2D eigenvalue weighted by Crippen LogP contribution is -2.19. The highest BCUT2D eigenvalue weighted by Gasteiger charge is 2.11. The maximum Gasteiger partial charge on any atom is 0.271 e. The molecule has 0 bridgehead atoms. The summed E-state index contributed by atoms with van der Waals surface area (Å²) in [5, 5.41) is 7.67. The molecule has 164 valence electrons. The fourth-order valence-electron chi connectivity index (χ4n) is 2.80. The van der Waals surface area contributed by atoms with E-state index in [1.54, 1.807) is 67.6 Å². The molecule has 0 saturated heterocycles. The van der Waals surface area contributed by atoms with Crippen molar-refractivity contribution in [3.8, 4) is 5.75 Å². The summed E-state index contributed by atoms with van der Waals surface area (Å²) in [6, 6.07) is 18.6. The van der Waals surface area contributed by atoms with Gasteiger partial charge < -0.3 is 10.1 Å². The molecular weight excluding hydrogens is 449 g/mol. The molecular formula is C24H21Cl2N3O3. The summed E-state index contributed by atoms with van der Waals surface area (Å²) in [7, 11) is 0. The van der Waals surface area contributed by atoms with Gasteiger partial charge >= 0.3 is 0 Å². The highest BCUT2D eigenvalue weighted by atomic mass is 35.5. The number of nitrogens with zero attached hydrogens (tertiary/aromatic N) is 1. The van der Waals surface area contributed by atoms with Crippen LogP contribution >= 0.6 is 23.2 Å². The third-order valence-electron chi connectivity index (χ3n) is 4.49. The van der Waals surface area contributed by atoms with Crippen LogP contribution in [0.2, 0.25) is 10.0 Å². The molecule has 2 amide bonds. The van der Waals surface area contributed by atoms with Crippen LogP contribution in [-0.4, -0.2) is 24.1 Å². The quantitative estimate of drug-likeness (QED) is 0.339. The molecule has 0 heterocycles. The van der Waals surface area contributed by atoms with E-state index in [0.717, 1.165) is 5.56 Å². The lowest BCUT2D eigenvalue weighted by molar-refractivity contribution is 0.0954. The van der Waals surface area contributed by atoms with Gasteiger partial charge in [0, 0.05) is 16.3 Å². The Balaban J connectivity index is 1.61. The van der Waals surface area contributed by atoms with E-state index in [1.807, 2.05) is 6.92 Å². The number of carbonyl (C=O) groups is 2. The molecule has 0 aromatic heterocycles. The summed E-state index contributed by atoms with van der Waals surface area (Å²) in [5.41, 5.74) is 5.34. The maximum absolute atomic E-state index is 12.4. The summed E-state index contributed by atoms with van der Waals surface area (Å²) in [4.78, 5) is 24.7. The standard InChI is InChI=1S/C24H21Cl2N3O3/c1-3-32-20-11-6-17(7-12-20)23(30)29-28-15(2)16-4-9-19(10-5-16)27-24(31)21-13-8-18(25)14-22(21)26/h4-14H,3H2,1-2H3,(H,27,31)(H,29,30)/b28-15-. The Bertz CT molecular complexity index is 1140. The van der Waals surface area contributed by atoms with Crippen LogP contribution in [0.25, 0.3) is 0 Å². The van der Waals surface area contributed by atoms with Crippen LogP contribution in [0.15, 0.2) is 71.8 Å². The Labute approximate surface area is 196 Å². The maximum atomic E-state index is 12.4. The minimum absolute atomic E-state index is 0.276. The Kier molecular flexibility index (Phi) is 7.87. The lowest BCUT2D eigenvalue weighted by Gasteiger charge is -2.08. The van der Waals surface area contributed by atoms with E-state index in [0.29, 0.717) is 39.9 Å². The Morgan fingerprint density at radius 1 is 0.906 bits per heavy atom. The number of carbonyl (C=O) groups excluding carboxylic acids is 2. The Morgan fingerprint density at radius 2 is 1.56 bits per heavy atom. The second kappa shape index (κ2) is 10.8. The largest absolute Gasteiger partial charge is 0.494 e. The first-order valence-electron chi connectivity index (χ1n) is 9.81. The predicted molar refractivity (Wildman–Crippen MR) is 128 cm³/mol. The fraction of sp³-hybridized carbons (Fsp3) is 0.125. The second-order valence-corrected chi connectivity index (χ2v) is 7.59. The van der Waals surface area contributed by atoms with Crippen LogP contribution in [0, 0.1) is 0 Å². The smallest absolute Gasteiger partial charge is 0.271 e. The monoisotopic (exact) mass is 469 g/mol. The molecule has 3 rings (SSSR count). The van der Waals surface area contributed by atoms with Crippen LogP contribution in [-0.2, 0) is 0 Å². The Hall–Kier alpha value is -3.35. The molecule has 2 N–H and O–H groups in total. The fourth-order valence-corrected chi connectivity index (χ4v) is 3.29. The molecule has 3 aromatic rings. The first kappa shape index (κ1) is 23.3. The third-order valence-corrected chi connectivity index (χ3v) is 5.04. The molecule has 0 aliphatic heterocycles. The van der Waals surface area contributed by atoms with Crippen molar-refractivity contribution < 1.29 is 14.3 Å². The average Bonchev–Trinajstić information content (AvgIpc) is 2.78. The van der Waals surface area contributed by atoms with Gasteiger partial charge in [0.05, 0.1) is 22.9 Å². The summed E-state index contributed by atoms with van der Waals surface area (Å²) >= 11 is 12.0. The number of ether oxygens (including phenoxy) is 1. The van der Waals surface area contributed by atoms with Crippen molar-refractivity contribution >= 4 is 46.4 Å². The molecule has 3 aromatic carbocycles. The molecule has 32 heavy (non-hydrogen) atoms. The third kappa shape index (κ3) is 6.09. The summed E-state index contributed by atoms with van der Waals surface area (Å²) in [6.07, 6.45) is 0. The number of hydrogen-bond acceptors (Lipinski definition) is 4. The van der Waals surface area contributed by atoms with E-state index in [9.17, 15) is 9.59 Å². The van der Waals surface area contributed by atoms with Crippen LogP contribution in [0.4, 0.5) is 5.69 Å². The van der Waals surface area contributed by atoms with Gasteiger partial charge in [0.2, 0.25) is 0 Å². The molecule has 6 nitrogen and oxygen atoms in total. The first-order valence-corrected chi connectivity index (χ1v) is 10.6. The number of benzene rings is 3. The molecule has 0 spiro atoms. The summed E-state index contributed by atoms with van der Waals surface area (Å²) in [5.74, 6) is 0.0396. The zero-order chi connectivity index (χ0) is 23.1. The van der Waals surface area contributed by atoms with Gasteiger partial charge in [-0.15, -0.1) is 0 Å². The molecule has 8 heteroatoms. The highest BCUT2D eigenvalue weighted by molar-refractivity contribution is 6.37. The number of hydrazone groups is 1. The van der Waals surface area contributed by atoms with Crippen molar-refractivity contribution in [2.75, 3.05) is 11.9 Å². The number of anilines is 1. The second-order valence-electron chi connectivity index (χ2n) is 6.75. The van der Waals surface area contributed by atoms with Crippen molar-refractivity contribution in [1.29, 1.82) is 0 Å². The van der Waals surface area contributed by atoms with E-state index < -0.39 is 0 Å². The number of hydrogen-bond donors (Lipinski definition) is 2. The van der Waals surface area contributed by atoms with Crippen LogP contribution in [0.5, 0.6) is 5.75 Å². The van der Waals surface area contributed by atoms with Gasteiger partial charge in [-0.25, -0.2) is 5.43 Å². The minimum atomic E-state index is -0.340. The minimum Gasteiger partial charge on any atom is -0.494 e. The SMILES string of the molecule is CCOc1ccc(C(=O)N/N=C(/C)c2ccc(NC(=O)c3ccc(Cl)cc3Cl)cc2)cc1. The molecule has 0 unspecified atom stereocenters. The van der Waals surface area contributed by atoms with Gasteiger partial charge in [0.1, 0.15) is 5.75 Å². The van der Waals surface area contributed by atoms with Crippen molar-refractivity contribution in [2.24, 2.45) is 5.10 Å². The Morgan fingerprint density at radius 3 is 2.19 bits per heavy atom. The van der Waals surface area contributed by atoms with Gasteiger partial charge in [-0.2, -0.15) is 5.10 Å². The van der Waals surface area contributed by atoms with E-state index in [2.05, 4.69) is 15.8 Å². The number of rotatable bonds is 7. The normalized spacial score (nSPS) is 11.1. The van der Waals surface area contributed by atoms with Gasteiger partial charge in [-0.05, 0) is 74.0 Å². The molecule has 0 atom stereocenters. The molecule has 0 fully saturated rings. The van der Waals surface area contributed by atoms with Crippen LogP contribution < -0.4 is 15.5 Å². The summed E-state index contributed by atoms with van der Waals surface area (Å²) < 4.78 is 5.37. The van der Waals surface area contributed by atoms with E-state index in [1.165, 1.54) is 6.07 Å². The molecule has 0 aliphatic rings. The van der Waals surface area contributed by atoms with Gasteiger partial charge in [-0.1, -0.05) is 35.3 Å². The van der Waals surface area contributed by atoms with Gasteiger partial charge in [-0.3, -0.25) is 9.59 Å². The molecule has 0 saturated carbocycles. The number of amides is 2. The highest BCUT2D eigenvalue weighted by Crippen LogP contribution is 2.22. The van der Waals surface area contributed by atoms with E-state index in [-0.39, 0.29) is 16.8 Å². The molecule has 0 radical (unpaired) electrons. The van der Waals surface area contributed by atoms with Gasteiger partial charge in [0.25, 0.3) is 11.8 Å². The van der Waals surface area contributed by atoms with Gasteiger partial charge in [0.15, 0.2) is 0 Å². The summed E-state index contributed by atoms with van der Waals surface area (Å²) in [6.45, 7) is 4.24. The average molecular weight is 470 g/mol. The van der Waals surface area contributed by atoms with Crippen LogP contribution in [0.3, 0.4) is 0 Å². The van der Waals surface area contributed by atoms with Crippen molar-refractivity contribution in [3.05, 3.63) is 93.5 Å². The zero-order valence-electron chi connectivity index (χ0n) is 17.5. The van der Waals surface area contributed by atoms with E-state index in [4.69, 9.17) is 27.9 Å². The van der Waals surface area contributed by atoms with Crippen LogP contribution in [0.1, 0.15) is 40.1 Å². The van der Waals surface area contributed by atoms with Crippen molar-refractivity contribution in [2.45, 2.75) is 13.8 Å². The van der Waals surface area contributed by atoms with E-state index >= 15 is 0 Å². The topological polar surface area (TPSA) is 79.8 Å². The lowest BCUT2D eigenvalue weighted by atomic mass is 10.1. The number of nitrogens with one attached hydrogen (secondary N) is 2. The predicted octanol–water partition coefficient (Wildman–Crippen LogP) is 5.80. The molecule has 0 aliphatic carbocycles. The van der Waals surface area contributed by atoms with Crippen molar-refractivity contribution in [1.82, 2.24) is 5.43 Å².